The number of allylic oxidation sites excluding steroid dienone is 1. The summed E-state index contributed by atoms with van der Waals surface area (Å²) in [7, 11) is 0. The number of carbonyl (C=O) groups excluding carboxylic acids is 1. The Morgan fingerprint density at radius 3 is 2.95 bits per heavy atom. The lowest BCUT2D eigenvalue weighted by atomic mass is 9.55. The molecule has 0 amide bonds. The Morgan fingerprint density at radius 1 is 1.33 bits per heavy atom. The number of carbonyl (C=O) groups is 1. The van der Waals surface area contributed by atoms with Crippen LogP contribution in [0.4, 0.5) is 0 Å². The van der Waals surface area contributed by atoms with E-state index < -0.39 is 5.41 Å². The number of nitrogens with zero attached hydrogens (tertiary/aromatic N) is 1. The number of esters is 1. The first-order valence-corrected chi connectivity index (χ1v) is 8.33. The molecule has 4 heteroatoms. The lowest BCUT2D eigenvalue weighted by molar-refractivity contribution is -0.208. The Balaban J connectivity index is 2.00. The number of hydrogen-bond donors (Lipinski definition) is 0. The van der Waals surface area contributed by atoms with Gasteiger partial charge in [-0.05, 0) is 32.7 Å². The quantitative estimate of drug-likeness (QED) is 0.591. The summed E-state index contributed by atoms with van der Waals surface area (Å²) in [4.78, 5) is 15.2. The third-order valence-corrected chi connectivity index (χ3v) is 5.58. The van der Waals surface area contributed by atoms with Gasteiger partial charge in [-0.15, -0.1) is 0 Å². The van der Waals surface area contributed by atoms with E-state index in [2.05, 4.69) is 24.0 Å². The number of rotatable bonds is 3. The van der Waals surface area contributed by atoms with Gasteiger partial charge in [0.2, 0.25) is 0 Å². The predicted molar refractivity (Wildman–Crippen MR) is 81.0 cm³/mol. The van der Waals surface area contributed by atoms with Crippen molar-refractivity contribution in [3.8, 4) is 0 Å². The molecule has 1 saturated carbocycles. The lowest BCUT2D eigenvalue weighted by Gasteiger charge is -2.58. The van der Waals surface area contributed by atoms with Crippen LogP contribution >= 0.6 is 0 Å². The standard InChI is InChI=1S/C17H27NO3/c1-3-18-12-16-8-5-6-11-21-14(16)17(13-18,10-7-9-16)15(19)20-4-2/h5-6,14H,3-4,7-13H2,1-2H3/t14-,16-,17-/m0/s1. The molecule has 2 fully saturated rings. The molecule has 0 unspecified atom stereocenters. The van der Waals surface area contributed by atoms with Gasteiger partial charge >= 0.3 is 5.97 Å². The number of likely N-dealkylation sites (tertiary alicyclic amines) is 1. The highest BCUT2D eigenvalue weighted by Gasteiger charge is 2.62. The van der Waals surface area contributed by atoms with Gasteiger partial charge in [-0.25, -0.2) is 0 Å². The Kier molecular flexibility index (Phi) is 4.10. The fourth-order valence-corrected chi connectivity index (χ4v) is 4.75. The molecule has 0 aromatic rings. The Hall–Kier alpha value is -0.870. The fourth-order valence-electron chi connectivity index (χ4n) is 4.75. The molecule has 3 atom stereocenters. The van der Waals surface area contributed by atoms with E-state index in [1.54, 1.807) is 0 Å². The maximum Gasteiger partial charge on any atom is 0.316 e. The number of hydrogen-bond acceptors (Lipinski definition) is 4. The maximum absolute atomic E-state index is 12.8. The first-order valence-electron chi connectivity index (χ1n) is 8.33. The molecular formula is C17H27NO3. The van der Waals surface area contributed by atoms with Crippen LogP contribution in [0.1, 0.15) is 39.5 Å². The summed E-state index contributed by atoms with van der Waals surface area (Å²) in [5.74, 6) is -0.0425. The molecule has 2 heterocycles. The van der Waals surface area contributed by atoms with Crippen molar-refractivity contribution in [3.63, 3.8) is 0 Å². The van der Waals surface area contributed by atoms with Crippen molar-refractivity contribution in [1.29, 1.82) is 0 Å². The van der Waals surface area contributed by atoms with Gasteiger partial charge in [0.15, 0.2) is 0 Å². The van der Waals surface area contributed by atoms with E-state index in [1.165, 1.54) is 0 Å². The largest absolute Gasteiger partial charge is 0.465 e. The van der Waals surface area contributed by atoms with Crippen LogP contribution in [0, 0.1) is 10.8 Å². The molecule has 0 aromatic carbocycles. The van der Waals surface area contributed by atoms with Crippen molar-refractivity contribution in [1.82, 2.24) is 4.90 Å². The van der Waals surface area contributed by atoms with E-state index in [9.17, 15) is 4.79 Å². The zero-order valence-corrected chi connectivity index (χ0v) is 13.3. The minimum absolute atomic E-state index is 0.00981. The summed E-state index contributed by atoms with van der Waals surface area (Å²) in [6, 6.07) is 0. The smallest absolute Gasteiger partial charge is 0.316 e. The van der Waals surface area contributed by atoms with Gasteiger partial charge in [0, 0.05) is 18.5 Å². The summed E-state index contributed by atoms with van der Waals surface area (Å²) in [6.07, 6.45) is 8.54. The molecule has 4 nitrogen and oxygen atoms in total. The zero-order chi connectivity index (χ0) is 14.9. The van der Waals surface area contributed by atoms with Crippen LogP contribution in [0.2, 0.25) is 0 Å². The average molecular weight is 293 g/mol. The lowest BCUT2D eigenvalue weighted by Crippen LogP contribution is -2.67. The maximum atomic E-state index is 12.8. The zero-order valence-electron chi connectivity index (χ0n) is 13.3. The summed E-state index contributed by atoms with van der Waals surface area (Å²) in [6.45, 7) is 7.96. The molecule has 3 aliphatic rings. The molecule has 3 rings (SSSR count). The van der Waals surface area contributed by atoms with Crippen molar-refractivity contribution < 1.29 is 14.3 Å². The summed E-state index contributed by atoms with van der Waals surface area (Å²) >= 11 is 0. The van der Waals surface area contributed by atoms with Gasteiger partial charge in [-0.1, -0.05) is 25.5 Å². The molecule has 21 heavy (non-hydrogen) atoms. The van der Waals surface area contributed by atoms with Crippen LogP contribution in [0.3, 0.4) is 0 Å². The summed E-state index contributed by atoms with van der Waals surface area (Å²) in [5, 5.41) is 0. The topological polar surface area (TPSA) is 38.8 Å². The molecule has 0 radical (unpaired) electrons. The van der Waals surface area contributed by atoms with Gasteiger partial charge in [0.05, 0.1) is 19.3 Å². The first kappa shape index (κ1) is 15.0. The van der Waals surface area contributed by atoms with Crippen LogP contribution in [-0.4, -0.2) is 49.8 Å². The predicted octanol–water partition coefficient (Wildman–Crippen LogP) is 2.39. The molecule has 0 aromatic heterocycles. The molecule has 1 saturated heterocycles. The fraction of sp³-hybridized carbons (Fsp3) is 0.824. The number of piperidine rings is 1. The molecule has 118 valence electrons. The normalized spacial score (nSPS) is 39.4. The van der Waals surface area contributed by atoms with Crippen molar-refractivity contribution in [3.05, 3.63) is 12.2 Å². The van der Waals surface area contributed by atoms with Crippen LogP contribution < -0.4 is 0 Å². The van der Waals surface area contributed by atoms with Gasteiger partial charge in [-0.3, -0.25) is 4.79 Å². The Bertz CT molecular complexity index is 436. The molecule has 0 N–H and O–H groups in total. The van der Waals surface area contributed by atoms with Crippen molar-refractivity contribution in [2.24, 2.45) is 10.8 Å². The van der Waals surface area contributed by atoms with Crippen LogP contribution in [-0.2, 0) is 14.3 Å². The van der Waals surface area contributed by atoms with Crippen molar-refractivity contribution in [2.75, 3.05) is 32.8 Å². The molecule has 1 aliphatic carbocycles. The van der Waals surface area contributed by atoms with Crippen molar-refractivity contribution >= 4 is 5.97 Å². The van der Waals surface area contributed by atoms with E-state index in [-0.39, 0.29) is 17.5 Å². The highest BCUT2D eigenvalue weighted by molar-refractivity contribution is 5.78. The SMILES string of the molecule is CCOC(=O)[C@]12CCC[C@@]3(CC=CCO[C@@H]31)CN(CC)C2. The first-order chi connectivity index (χ1) is 10.2. The van der Waals surface area contributed by atoms with Crippen LogP contribution in [0.25, 0.3) is 0 Å². The third-order valence-electron chi connectivity index (χ3n) is 5.58. The van der Waals surface area contributed by atoms with Gasteiger partial charge < -0.3 is 14.4 Å². The van der Waals surface area contributed by atoms with Gasteiger partial charge in [0.25, 0.3) is 0 Å². The van der Waals surface area contributed by atoms with E-state index in [4.69, 9.17) is 9.47 Å². The Labute approximate surface area is 127 Å². The summed E-state index contributed by atoms with van der Waals surface area (Å²) in [5.41, 5.74) is -0.374. The van der Waals surface area contributed by atoms with Crippen LogP contribution in [0.15, 0.2) is 12.2 Å². The van der Waals surface area contributed by atoms with Gasteiger partial charge in [-0.2, -0.15) is 0 Å². The minimum Gasteiger partial charge on any atom is -0.465 e. The molecular weight excluding hydrogens is 266 g/mol. The second-order valence-electron chi connectivity index (χ2n) is 6.78. The van der Waals surface area contributed by atoms with Crippen LogP contribution in [0.5, 0.6) is 0 Å². The van der Waals surface area contributed by atoms with E-state index >= 15 is 0 Å². The second kappa shape index (κ2) is 5.73. The highest BCUT2D eigenvalue weighted by atomic mass is 16.5. The van der Waals surface area contributed by atoms with Gasteiger partial charge in [0.1, 0.15) is 5.41 Å². The highest BCUT2D eigenvalue weighted by Crippen LogP contribution is 2.55. The minimum atomic E-state index is -0.464. The van der Waals surface area contributed by atoms with E-state index in [0.29, 0.717) is 13.2 Å². The summed E-state index contributed by atoms with van der Waals surface area (Å²) < 4.78 is 11.7. The third kappa shape index (κ3) is 2.33. The van der Waals surface area contributed by atoms with E-state index in [0.717, 1.165) is 45.3 Å². The monoisotopic (exact) mass is 293 g/mol. The van der Waals surface area contributed by atoms with Crippen molar-refractivity contribution in [2.45, 2.75) is 45.6 Å². The molecule has 2 aliphatic heterocycles. The average Bonchev–Trinajstić information content (AvgIpc) is 2.69. The molecule has 2 bridgehead atoms. The molecule has 0 spiro atoms. The second-order valence-corrected chi connectivity index (χ2v) is 6.78. The Morgan fingerprint density at radius 2 is 2.19 bits per heavy atom. The van der Waals surface area contributed by atoms with E-state index in [1.807, 2.05) is 6.92 Å². The number of ether oxygens (including phenoxy) is 2.